The number of amides is 3. The highest BCUT2D eigenvalue weighted by molar-refractivity contribution is 8.00. The predicted molar refractivity (Wildman–Crippen MR) is 116 cm³/mol. The maximum atomic E-state index is 13.2. The first-order valence-corrected chi connectivity index (χ1v) is 11.5. The maximum Gasteiger partial charge on any atom is 0.446 e. The lowest BCUT2D eigenvalue weighted by Gasteiger charge is -2.26. The SMILES string of the molecule is CC1C(=O)N(c2ccc(SC(F)(F)F)cc2)C(=O)N1Cc1ccncc1C1CCCCC1. The Morgan fingerprint density at radius 1 is 1.06 bits per heavy atom. The minimum atomic E-state index is -4.40. The number of thioether (sulfide) groups is 1. The minimum Gasteiger partial charge on any atom is -0.308 e. The van der Waals surface area contributed by atoms with Crippen molar-refractivity contribution in [2.24, 2.45) is 0 Å². The van der Waals surface area contributed by atoms with Crippen LogP contribution in [0.3, 0.4) is 0 Å². The van der Waals surface area contributed by atoms with Crippen molar-refractivity contribution in [3.05, 3.63) is 53.9 Å². The van der Waals surface area contributed by atoms with Crippen LogP contribution in [-0.4, -0.2) is 33.4 Å². The summed E-state index contributed by atoms with van der Waals surface area (Å²) >= 11 is -0.233. The summed E-state index contributed by atoms with van der Waals surface area (Å²) in [6.45, 7) is 1.97. The number of pyridine rings is 1. The van der Waals surface area contributed by atoms with Crippen molar-refractivity contribution in [2.75, 3.05) is 4.90 Å². The summed E-state index contributed by atoms with van der Waals surface area (Å²) in [5.74, 6) is 0.0189. The maximum absolute atomic E-state index is 13.2. The van der Waals surface area contributed by atoms with E-state index in [1.807, 2.05) is 12.3 Å². The number of carbonyl (C=O) groups excluding carboxylic acids is 2. The van der Waals surface area contributed by atoms with Crippen molar-refractivity contribution in [2.45, 2.75) is 67.9 Å². The zero-order valence-corrected chi connectivity index (χ0v) is 18.5. The molecular weight excluding hydrogens is 439 g/mol. The molecule has 1 aromatic heterocycles. The summed E-state index contributed by atoms with van der Waals surface area (Å²) in [6.07, 6.45) is 9.33. The van der Waals surface area contributed by atoms with Gasteiger partial charge in [0.15, 0.2) is 0 Å². The van der Waals surface area contributed by atoms with Crippen molar-refractivity contribution in [1.82, 2.24) is 9.88 Å². The van der Waals surface area contributed by atoms with E-state index in [2.05, 4.69) is 4.98 Å². The molecule has 2 aliphatic rings. The van der Waals surface area contributed by atoms with Gasteiger partial charge in [-0.3, -0.25) is 9.78 Å². The fourth-order valence-electron chi connectivity index (χ4n) is 4.49. The number of benzene rings is 1. The van der Waals surface area contributed by atoms with Crippen molar-refractivity contribution in [3.63, 3.8) is 0 Å². The second-order valence-electron chi connectivity index (χ2n) is 8.21. The van der Waals surface area contributed by atoms with Crippen LogP contribution in [0.1, 0.15) is 56.1 Å². The van der Waals surface area contributed by atoms with Gasteiger partial charge in [-0.15, -0.1) is 0 Å². The molecule has 2 aromatic rings. The Balaban J connectivity index is 1.54. The first-order chi connectivity index (χ1) is 15.2. The van der Waals surface area contributed by atoms with Crippen molar-refractivity contribution in [1.29, 1.82) is 0 Å². The van der Waals surface area contributed by atoms with Crippen LogP contribution in [-0.2, 0) is 11.3 Å². The Bertz CT molecular complexity index is 991. The Morgan fingerprint density at radius 3 is 2.41 bits per heavy atom. The summed E-state index contributed by atoms with van der Waals surface area (Å²) < 4.78 is 37.7. The number of imide groups is 1. The van der Waals surface area contributed by atoms with Crippen LogP contribution in [0.2, 0.25) is 0 Å². The average molecular weight is 464 g/mol. The van der Waals surface area contributed by atoms with Gasteiger partial charge in [0.1, 0.15) is 6.04 Å². The molecule has 1 saturated carbocycles. The second kappa shape index (κ2) is 9.13. The van der Waals surface area contributed by atoms with Gasteiger partial charge < -0.3 is 4.90 Å². The van der Waals surface area contributed by atoms with Crippen molar-refractivity contribution < 1.29 is 22.8 Å². The number of carbonyl (C=O) groups is 2. The molecule has 1 atom stereocenters. The zero-order chi connectivity index (χ0) is 22.9. The van der Waals surface area contributed by atoms with Crippen LogP contribution >= 0.6 is 11.8 Å². The van der Waals surface area contributed by atoms with E-state index in [1.54, 1.807) is 13.1 Å². The second-order valence-corrected chi connectivity index (χ2v) is 9.35. The van der Waals surface area contributed by atoms with Gasteiger partial charge in [-0.25, -0.2) is 9.69 Å². The lowest BCUT2D eigenvalue weighted by molar-refractivity contribution is -0.119. The molecule has 0 spiro atoms. The van der Waals surface area contributed by atoms with E-state index >= 15 is 0 Å². The number of aromatic nitrogens is 1. The molecule has 0 radical (unpaired) electrons. The highest BCUT2D eigenvalue weighted by Gasteiger charge is 2.43. The quantitative estimate of drug-likeness (QED) is 0.397. The predicted octanol–water partition coefficient (Wildman–Crippen LogP) is 6.10. The van der Waals surface area contributed by atoms with E-state index in [0.29, 0.717) is 12.5 Å². The standard InChI is InChI=1S/C23H24F3N3O2S/c1-15-21(30)29(18-7-9-19(10-8-18)32-23(24,25)26)22(31)28(15)14-17-11-12-27-13-20(17)16-5-3-2-4-6-16/h7-13,15-16H,2-6,14H2,1H3. The highest BCUT2D eigenvalue weighted by Crippen LogP contribution is 2.38. The molecule has 1 aromatic carbocycles. The molecular formula is C23H24F3N3O2S. The monoisotopic (exact) mass is 463 g/mol. The molecule has 1 unspecified atom stereocenters. The molecule has 9 heteroatoms. The van der Waals surface area contributed by atoms with Crippen LogP contribution in [0.15, 0.2) is 47.6 Å². The summed E-state index contributed by atoms with van der Waals surface area (Å²) in [5, 5.41) is 0. The van der Waals surface area contributed by atoms with E-state index in [1.165, 1.54) is 48.4 Å². The van der Waals surface area contributed by atoms with Gasteiger partial charge in [-0.1, -0.05) is 19.3 Å². The zero-order valence-electron chi connectivity index (χ0n) is 17.6. The van der Waals surface area contributed by atoms with Gasteiger partial charge in [0.05, 0.1) is 5.69 Å². The van der Waals surface area contributed by atoms with Crippen LogP contribution in [0, 0.1) is 0 Å². The number of hydrogen-bond donors (Lipinski definition) is 0. The molecule has 3 amide bonds. The summed E-state index contributed by atoms with van der Waals surface area (Å²) in [6, 6.07) is 6.06. The van der Waals surface area contributed by atoms with Crippen molar-refractivity contribution in [3.8, 4) is 0 Å². The smallest absolute Gasteiger partial charge is 0.308 e. The highest BCUT2D eigenvalue weighted by atomic mass is 32.2. The van der Waals surface area contributed by atoms with E-state index in [0.717, 1.165) is 28.9 Å². The molecule has 4 rings (SSSR count). The Hall–Kier alpha value is -2.55. The lowest BCUT2D eigenvalue weighted by atomic mass is 9.83. The van der Waals surface area contributed by atoms with Crippen LogP contribution < -0.4 is 4.90 Å². The average Bonchev–Trinajstić information content (AvgIpc) is 2.97. The van der Waals surface area contributed by atoms with E-state index in [-0.39, 0.29) is 28.3 Å². The van der Waals surface area contributed by atoms with E-state index in [4.69, 9.17) is 0 Å². The number of nitrogens with zero attached hydrogens (tertiary/aromatic N) is 3. The van der Waals surface area contributed by atoms with E-state index in [9.17, 15) is 22.8 Å². The summed E-state index contributed by atoms with van der Waals surface area (Å²) in [5.41, 5.74) is -2.01. The van der Waals surface area contributed by atoms with Gasteiger partial charge in [0, 0.05) is 23.8 Å². The number of rotatable bonds is 5. The topological polar surface area (TPSA) is 53.5 Å². The Labute approximate surface area is 189 Å². The summed E-state index contributed by atoms with van der Waals surface area (Å²) in [4.78, 5) is 32.9. The molecule has 0 N–H and O–H groups in total. The van der Waals surface area contributed by atoms with Gasteiger partial charge >= 0.3 is 11.5 Å². The van der Waals surface area contributed by atoms with Gasteiger partial charge in [0.25, 0.3) is 5.91 Å². The van der Waals surface area contributed by atoms with Crippen LogP contribution in [0.25, 0.3) is 0 Å². The minimum absolute atomic E-state index is 0.000779. The first kappa shape index (κ1) is 22.6. The molecule has 1 aliphatic carbocycles. The largest absolute Gasteiger partial charge is 0.446 e. The number of halogens is 3. The van der Waals surface area contributed by atoms with Gasteiger partial charge in [-0.2, -0.15) is 13.2 Å². The fraction of sp³-hybridized carbons (Fsp3) is 0.435. The molecule has 2 heterocycles. The molecule has 170 valence electrons. The third-order valence-electron chi connectivity index (χ3n) is 6.14. The van der Waals surface area contributed by atoms with Crippen LogP contribution in [0.4, 0.5) is 23.7 Å². The molecule has 1 aliphatic heterocycles. The molecule has 5 nitrogen and oxygen atoms in total. The summed E-state index contributed by atoms with van der Waals surface area (Å²) in [7, 11) is 0. The Morgan fingerprint density at radius 2 is 1.75 bits per heavy atom. The fourth-order valence-corrected chi connectivity index (χ4v) is 5.03. The number of hydrogen-bond acceptors (Lipinski definition) is 4. The van der Waals surface area contributed by atoms with Crippen molar-refractivity contribution >= 4 is 29.4 Å². The normalized spacial score (nSPS) is 20.3. The number of alkyl halides is 3. The van der Waals surface area contributed by atoms with Crippen LogP contribution in [0.5, 0.6) is 0 Å². The Kier molecular flexibility index (Phi) is 6.46. The van der Waals surface area contributed by atoms with E-state index < -0.39 is 17.6 Å². The third kappa shape index (κ3) is 4.77. The lowest BCUT2D eigenvalue weighted by Crippen LogP contribution is -2.34. The molecule has 1 saturated heterocycles. The van der Waals surface area contributed by atoms with Gasteiger partial charge in [0.2, 0.25) is 0 Å². The molecule has 0 bridgehead atoms. The molecule has 2 fully saturated rings. The number of urea groups is 1. The number of anilines is 1. The molecule has 32 heavy (non-hydrogen) atoms. The first-order valence-electron chi connectivity index (χ1n) is 10.7. The van der Waals surface area contributed by atoms with Gasteiger partial charge in [-0.05, 0) is 78.9 Å². The third-order valence-corrected chi connectivity index (χ3v) is 6.88.